The molecule has 2 amide bonds. The monoisotopic (exact) mass is 312 g/mol. The Kier molecular flexibility index (Phi) is 5.36. The van der Waals surface area contributed by atoms with Gasteiger partial charge in [-0.05, 0) is 43.7 Å². The van der Waals surface area contributed by atoms with E-state index in [2.05, 4.69) is 10.6 Å². The van der Waals surface area contributed by atoms with Gasteiger partial charge in [-0.25, -0.2) is 0 Å². The van der Waals surface area contributed by atoms with Gasteiger partial charge in [0.05, 0.1) is 11.3 Å². The van der Waals surface area contributed by atoms with E-state index in [9.17, 15) is 9.59 Å². The largest absolute Gasteiger partial charge is 0.481 e. The zero-order valence-corrected chi connectivity index (χ0v) is 13.4. The molecule has 0 aliphatic rings. The summed E-state index contributed by atoms with van der Waals surface area (Å²) in [4.78, 5) is 24.1. The average Bonchev–Trinajstić information content (AvgIpc) is 2.54. The van der Waals surface area contributed by atoms with E-state index in [-0.39, 0.29) is 11.8 Å². The van der Waals surface area contributed by atoms with Crippen LogP contribution in [0.15, 0.2) is 48.5 Å². The lowest BCUT2D eigenvalue weighted by Crippen LogP contribution is -2.31. The number of nitrogens with one attached hydrogen (secondary N) is 2. The van der Waals surface area contributed by atoms with Crippen molar-refractivity contribution in [3.63, 3.8) is 0 Å². The van der Waals surface area contributed by atoms with Crippen LogP contribution in [-0.2, 0) is 4.79 Å². The van der Waals surface area contributed by atoms with Crippen LogP contribution in [0.2, 0.25) is 0 Å². The number of carbonyl (C=O) groups excluding carboxylic acids is 2. The molecule has 0 radical (unpaired) electrons. The van der Waals surface area contributed by atoms with E-state index in [0.717, 1.165) is 5.56 Å². The van der Waals surface area contributed by atoms with E-state index in [1.807, 2.05) is 25.1 Å². The highest BCUT2D eigenvalue weighted by Gasteiger charge is 2.18. The van der Waals surface area contributed by atoms with Crippen molar-refractivity contribution < 1.29 is 14.3 Å². The number of anilines is 1. The summed E-state index contributed by atoms with van der Waals surface area (Å²) < 4.78 is 5.64. The standard InChI is InChI=1S/C18H20N2O3/c1-12-7-6-8-14(11-12)23-13(2)17(21)20-16-10-5-4-9-15(16)18(22)19-3/h4-11,13H,1-3H3,(H,19,22)(H,20,21)/t13-/m0/s1. The summed E-state index contributed by atoms with van der Waals surface area (Å²) in [6.45, 7) is 3.62. The molecular formula is C18H20N2O3. The molecule has 2 aromatic carbocycles. The Balaban J connectivity index is 2.08. The highest BCUT2D eigenvalue weighted by molar-refractivity contribution is 6.04. The van der Waals surface area contributed by atoms with Crippen LogP contribution in [0, 0.1) is 6.92 Å². The van der Waals surface area contributed by atoms with Crippen LogP contribution in [-0.4, -0.2) is 25.0 Å². The summed E-state index contributed by atoms with van der Waals surface area (Å²) in [5.74, 6) is 0.0586. The number of benzene rings is 2. The van der Waals surface area contributed by atoms with Gasteiger partial charge < -0.3 is 15.4 Å². The van der Waals surface area contributed by atoms with Crippen molar-refractivity contribution in [2.75, 3.05) is 12.4 Å². The number of para-hydroxylation sites is 1. The number of ether oxygens (including phenoxy) is 1. The molecule has 0 aliphatic carbocycles. The van der Waals surface area contributed by atoms with E-state index in [0.29, 0.717) is 17.0 Å². The van der Waals surface area contributed by atoms with E-state index in [1.54, 1.807) is 44.3 Å². The van der Waals surface area contributed by atoms with Crippen molar-refractivity contribution in [2.24, 2.45) is 0 Å². The maximum Gasteiger partial charge on any atom is 0.265 e. The summed E-state index contributed by atoms with van der Waals surface area (Å²) in [6.07, 6.45) is -0.686. The second-order valence-corrected chi connectivity index (χ2v) is 5.19. The molecule has 1 atom stereocenters. The van der Waals surface area contributed by atoms with Gasteiger partial charge in [-0.3, -0.25) is 9.59 Å². The fraction of sp³-hybridized carbons (Fsp3) is 0.222. The summed E-state index contributed by atoms with van der Waals surface area (Å²) in [5.41, 5.74) is 1.92. The zero-order chi connectivity index (χ0) is 16.8. The molecule has 0 unspecified atom stereocenters. The first-order chi connectivity index (χ1) is 11.0. The molecule has 23 heavy (non-hydrogen) atoms. The van der Waals surface area contributed by atoms with Gasteiger partial charge >= 0.3 is 0 Å². The Bertz CT molecular complexity index is 713. The molecule has 0 spiro atoms. The van der Waals surface area contributed by atoms with Crippen LogP contribution in [0.1, 0.15) is 22.8 Å². The van der Waals surface area contributed by atoms with Crippen molar-refractivity contribution in [1.29, 1.82) is 0 Å². The minimum Gasteiger partial charge on any atom is -0.481 e. The van der Waals surface area contributed by atoms with Gasteiger partial charge in [0, 0.05) is 7.05 Å². The molecule has 0 saturated carbocycles. The maximum atomic E-state index is 12.3. The quantitative estimate of drug-likeness (QED) is 0.892. The Hall–Kier alpha value is -2.82. The van der Waals surface area contributed by atoms with E-state index < -0.39 is 6.10 Å². The van der Waals surface area contributed by atoms with Crippen LogP contribution in [0.5, 0.6) is 5.75 Å². The lowest BCUT2D eigenvalue weighted by molar-refractivity contribution is -0.122. The van der Waals surface area contributed by atoms with Gasteiger partial charge in [0.1, 0.15) is 5.75 Å². The Labute approximate surface area is 135 Å². The van der Waals surface area contributed by atoms with Gasteiger partial charge in [-0.2, -0.15) is 0 Å². The Morgan fingerprint density at radius 2 is 1.83 bits per heavy atom. The predicted octanol–water partition coefficient (Wildman–Crippen LogP) is 2.76. The van der Waals surface area contributed by atoms with Crippen molar-refractivity contribution in [3.05, 3.63) is 59.7 Å². The number of aryl methyl sites for hydroxylation is 1. The van der Waals surface area contributed by atoms with Crippen LogP contribution in [0.3, 0.4) is 0 Å². The van der Waals surface area contributed by atoms with E-state index in [1.165, 1.54) is 0 Å². The number of carbonyl (C=O) groups is 2. The molecule has 5 nitrogen and oxygen atoms in total. The lowest BCUT2D eigenvalue weighted by atomic mass is 10.1. The second kappa shape index (κ2) is 7.45. The van der Waals surface area contributed by atoms with Crippen LogP contribution in [0.25, 0.3) is 0 Å². The fourth-order valence-corrected chi connectivity index (χ4v) is 2.11. The van der Waals surface area contributed by atoms with Gasteiger partial charge in [0.15, 0.2) is 6.10 Å². The molecular weight excluding hydrogens is 292 g/mol. The van der Waals surface area contributed by atoms with Crippen molar-refractivity contribution in [3.8, 4) is 5.75 Å². The third kappa shape index (κ3) is 4.32. The topological polar surface area (TPSA) is 67.4 Å². The number of hydrogen-bond donors (Lipinski definition) is 2. The average molecular weight is 312 g/mol. The first kappa shape index (κ1) is 16.5. The normalized spacial score (nSPS) is 11.4. The van der Waals surface area contributed by atoms with Crippen LogP contribution in [0.4, 0.5) is 5.69 Å². The third-order valence-corrected chi connectivity index (χ3v) is 3.33. The second-order valence-electron chi connectivity index (χ2n) is 5.19. The van der Waals surface area contributed by atoms with Crippen LogP contribution < -0.4 is 15.4 Å². The van der Waals surface area contributed by atoms with Crippen molar-refractivity contribution >= 4 is 17.5 Å². The smallest absolute Gasteiger partial charge is 0.265 e. The van der Waals surface area contributed by atoms with E-state index >= 15 is 0 Å². The number of amides is 2. The number of rotatable bonds is 5. The molecule has 0 aromatic heterocycles. The zero-order valence-electron chi connectivity index (χ0n) is 13.4. The van der Waals surface area contributed by atoms with Gasteiger partial charge in [0.25, 0.3) is 11.8 Å². The minimum atomic E-state index is -0.686. The van der Waals surface area contributed by atoms with Gasteiger partial charge in [0.2, 0.25) is 0 Å². The summed E-state index contributed by atoms with van der Waals surface area (Å²) in [6, 6.07) is 14.3. The summed E-state index contributed by atoms with van der Waals surface area (Å²) >= 11 is 0. The fourth-order valence-electron chi connectivity index (χ4n) is 2.11. The molecule has 0 heterocycles. The lowest BCUT2D eigenvalue weighted by Gasteiger charge is -2.16. The molecule has 0 aliphatic heterocycles. The van der Waals surface area contributed by atoms with Gasteiger partial charge in [-0.15, -0.1) is 0 Å². The Morgan fingerprint density at radius 1 is 1.09 bits per heavy atom. The highest BCUT2D eigenvalue weighted by Crippen LogP contribution is 2.17. The van der Waals surface area contributed by atoms with Crippen molar-refractivity contribution in [2.45, 2.75) is 20.0 Å². The summed E-state index contributed by atoms with van der Waals surface area (Å²) in [5, 5.41) is 5.28. The molecule has 0 fully saturated rings. The molecule has 5 heteroatoms. The molecule has 0 saturated heterocycles. The first-order valence-corrected chi connectivity index (χ1v) is 7.36. The minimum absolute atomic E-state index is 0.256. The molecule has 2 aromatic rings. The van der Waals surface area contributed by atoms with Crippen LogP contribution >= 0.6 is 0 Å². The summed E-state index contributed by atoms with van der Waals surface area (Å²) in [7, 11) is 1.55. The number of hydrogen-bond acceptors (Lipinski definition) is 3. The van der Waals surface area contributed by atoms with Crippen molar-refractivity contribution in [1.82, 2.24) is 5.32 Å². The maximum absolute atomic E-state index is 12.3. The highest BCUT2D eigenvalue weighted by atomic mass is 16.5. The molecule has 2 N–H and O–H groups in total. The predicted molar refractivity (Wildman–Crippen MR) is 89.7 cm³/mol. The third-order valence-electron chi connectivity index (χ3n) is 3.33. The molecule has 2 rings (SSSR count). The van der Waals surface area contributed by atoms with E-state index in [4.69, 9.17) is 4.74 Å². The van der Waals surface area contributed by atoms with Gasteiger partial charge in [-0.1, -0.05) is 24.3 Å². The molecule has 0 bridgehead atoms. The first-order valence-electron chi connectivity index (χ1n) is 7.36. The Morgan fingerprint density at radius 3 is 2.52 bits per heavy atom. The SMILES string of the molecule is CNC(=O)c1ccccc1NC(=O)[C@H](C)Oc1cccc(C)c1. The molecule has 120 valence electrons.